The van der Waals surface area contributed by atoms with E-state index >= 15 is 0 Å². The van der Waals surface area contributed by atoms with Crippen molar-refractivity contribution in [3.8, 4) is 0 Å². The van der Waals surface area contributed by atoms with Crippen LogP contribution in [0.2, 0.25) is 0 Å². The maximum atomic E-state index is 8.74. The molecule has 0 atom stereocenters. The second-order valence-electron chi connectivity index (χ2n) is 5.34. The molecule has 1 aliphatic rings. The van der Waals surface area contributed by atoms with E-state index in [-0.39, 0.29) is 5.84 Å². The van der Waals surface area contributed by atoms with E-state index in [1.165, 1.54) is 18.5 Å². The minimum absolute atomic E-state index is 0.122. The molecule has 0 aliphatic heterocycles. The van der Waals surface area contributed by atoms with Crippen LogP contribution in [0.4, 0.5) is 5.69 Å². The van der Waals surface area contributed by atoms with Crippen molar-refractivity contribution in [2.75, 3.05) is 11.4 Å². The highest BCUT2D eigenvalue weighted by molar-refractivity contribution is 9.10. The molecular weight excluding hydrogens is 306 g/mol. The molecule has 1 aliphatic carbocycles. The third-order valence-corrected chi connectivity index (χ3v) is 4.10. The van der Waals surface area contributed by atoms with Crippen LogP contribution in [0.3, 0.4) is 0 Å². The fourth-order valence-corrected chi connectivity index (χ4v) is 2.71. The lowest BCUT2D eigenvalue weighted by Gasteiger charge is -2.29. The highest BCUT2D eigenvalue weighted by Crippen LogP contribution is 2.33. The van der Waals surface area contributed by atoms with Gasteiger partial charge in [0, 0.05) is 28.3 Å². The second kappa shape index (κ2) is 5.82. The van der Waals surface area contributed by atoms with Gasteiger partial charge in [-0.1, -0.05) is 5.16 Å². The Balaban J connectivity index is 2.25. The van der Waals surface area contributed by atoms with Crippen LogP contribution >= 0.6 is 15.9 Å². The molecule has 4 nitrogen and oxygen atoms in total. The molecule has 0 bridgehead atoms. The van der Waals surface area contributed by atoms with Gasteiger partial charge >= 0.3 is 0 Å². The molecule has 19 heavy (non-hydrogen) atoms. The Morgan fingerprint density at radius 2 is 2.21 bits per heavy atom. The van der Waals surface area contributed by atoms with Gasteiger partial charge < -0.3 is 15.8 Å². The van der Waals surface area contributed by atoms with Gasteiger partial charge in [-0.3, -0.25) is 0 Å². The summed E-state index contributed by atoms with van der Waals surface area (Å²) in [4.78, 5) is 2.40. The van der Waals surface area contributed by atoms with Gasteiger partial charge in [-0.05, 0) is 66.7 Å². The monoisotopic (exact) mass is 325 g/mol. The number of amidine groups is 1. The van der Waals surface area contributed by atoms with Crippen molar-refractivity contribution in [1.82, 2.24) is 0 Å². The fraction of sp³-hybridized carbons (Fsp3) is 0.500. The van der Waals surface area contributed by atoms with E-state index in [0.29, 0.717) is 11.6 Å². The minimum Gasteiger partial charge on any atom is -0.409 e. The summed E-state index contributed by atoms with van der Waals surface area (Å²) in [5, 5.41) is 11.8. The summed E-state index contributed by atoms with van der Waals surface area (Å²) >= 11 is 3.49. The van der Waals surface area contributed by atoms with Crippen molar-refractivity contribution in [1.29, 1.82) is 0 Å². The van der Waals surface area contributed by atoms with Gasteiger partial charge in [0.15, 0.2) is 5.84 Å². The van der Waals surface area contributed by atoms with Gasteiger partial charge in [0.25, 0.3) is 0 Å². The summed E-state index contributed by atoms with van der Waals surface area (Å²) in [5.74, 6) is 0.960. The van der Waals surface area contributed by atoms with Crippen LogP contribution in [0.25, 0.3) is 0 Å². The Morgan fingerprint density at radius 3 is 2.68 bits per heavy atom. The third kappa shape index (κ3) is 3.41. The van der Waals surface area contributed by atoms with Crippen molar-refractivity contribution >= 4 is 27.5 Å². The van der Waals surface area contributed by atoms with Gasteiger partial charge in [-0.25, -0.2) is 0 Å². The average Bonchev–Trinajstić information content (AvgIpc) is 3.18. The van der Waals surface area contributed by atoms with Gasteiger partial charge in [0.05, 0.1) is 0 Å². The molecule has 1 aromatic rings. The third-order valence-electron chi connectivity index (χ3n) is 3.44. The van der Waals surface area contributed by atoms with Crippen molar-refractivity contribution in [3.05, 3.63) is 28.2 Å². The van der Waals surface area contributed by atoms with E-state index in [1.54, 1.807) is 0 Å². The SMILES string of the molecule is CC(C)N(CC1CC1)c1ccc(/C(N)=N/O)c(Br)c1. The standard InChI is InChI=1S/C14H20BrN3O/c1-9(2)18(8-10-3-4-10)11-5-6-12(13(15)7-11)14(16)17-19/h5-7,9-10,19H,3-4,8H2,1-2H3,(H2,16,17). The molecule has 104 valence electrons. The zero-order valence-corrected chi connectivity index (χ0v) is 12.9. The van der Waals surface area contributed by atoms with Crippen LogP contribution in [-0.4, -0.2) is 23.6 Å². The highest BCUT2D eigenvalue weighted by atomic mass is 79.9. The molecular formula is C14H20BrN3O. The Hall–Kier alpha value is -1.23. The van der Waals surface area contributed by atoms with Crippen molar-refractivity contribution in [3.63, 3.8) is 0 Å². The van der Waals surface area contributed by atoms with Crippen LogP contribution < -0.4 is 10.6 Å². The number of benzene rings is 1. The molecule has 3 N–H and O–H groups in total. The van der Waals surface area contributed by atoms with Crippen LogP contribution in [0.15, 0.2) is 27.8 Å². The second-order valence-corrected chi connectivity index (χ2v) is 6.19. The summed E-state index contributed by atoms with van der Waals surface area (Å²) in [6.07, 6.45) is 2.68. The van der Waals surface area contributed by atoms with Crippen molar-refractivity contribution < 1.29 is 5.21 Å². The van der Waals surface area contributed by atoms with Crippen LogP contribution in [0, 0.1) is 5.92 Å². The molecule has 0 saturated heterocycles. The highest BCUT2D eigenvalue weighted by Gasteiger charge is 2.26. The number of hydrogen-bond acceptors (Lipinski definition) is 3. The Labute approximate surface area is 122 Å². The first-order chi connectivity index (χ1) is 9.02. The average molecular weight is 326 g/mol. The number of hydrogen-bond donors (Lipinski definition) is 2. The Morgan fingerprint density at radius 1 is 1.53 bits per heavy atom. The number of nitrogens with zero attached hydrogens (tertiary/aromatic N) is 2. The lowest BCUT2D eigenvalue weighted by Crippen LogP contribution is -2.32. The number of anilines is 1. The van der Waals surface area contributed by atoms with Gasteiger partial charge in [0.2, 0.25) is 0 Å². The molecule has 0 heterocycles. The lowest BCUT2D eigenvalue weighted by atomic mass is 10.1. The van der Waals surface area contributed by atoms with E-state index in [9.17, 15) is 0 Å². The summed E-state index contributed by atoms with van der Waals surface area (Å²) < 4.78 is 0.849. The normalized spacial score (nSPS) is 15.9. The number of rotatable bonds is 5. The first-order valence-corrected chi connectivity index (χ1v) is 7.36. The topological polar surface area (TPSA) is 61.8 Å². The fourth-order valence-electron chi connectivity index (χ4n) is 2.14. The van der Waals surface area contributed by atoms with Crippen LogP contribution in [0.1, 0.15) is 32.3 Å². The van der Waals surface area contributed by atoms with E-state index < -0.39 is 0 Å². The number of nitrogens with two attached hydrogens (primary N) is 1. The first-order valence-electron chi connectivity index (χ1n) is 6.57. The lowest BCUT2D eigenvalue weighted by molar-refractivity contribution is 0.318. The largest absolute Gasteiger partial charge is 0.409 e. The zero-order chi connectivity index (χ0) is 14.0. The molecule has 1 aromatic carbocycles. The molecule has 5 heteroatoms. The van der Waals surface area contributed by atoms with Gasteiger partial charge in [-0.15, -0.1) is 0 Å². The molecule has 0 aromatic heterocycles. The molecule has 2 rings (SSSR count). The van der Waals surface area contributed by atoms with Gasteiger partial charge in [0.1, 0.15) is 0 Å². The first kappa shape index (κ1) is 14.2. The predicted molar refractivity (Wildman–Crippen MR) is 81.9 cm³/mol. The zero-order valence-electron chi connectivity index (χ0n) is 11.3. The Kier molecular flexibility index (Phi) is 4.34. The molecule has 0 unspecified atom stereocenters. The molecule has 0 spiro atoms. The molecule has 0 radical (unpaired) electrons. The van der Waals surface area contributed by atoms with Crippen LogP contribution in [0.5, 0.6) is 0 Å². The predicted octanol–water partition coefficient (Wildman–Crippen LogP) is 3.17. The quantitative estimate of drug-likeness (QED) is 0.378. The summed E-state index contributed by atoms with van der Waals surface area (Å²) in [5.41, 5.74) is 7.51. The molecule has 1 fully saturated rings. The maximum Gasteiger partial charge on any atom is 0.171 e. The van der Waals surface area contributed by atoms with E-state index in [1.807, 2.05) is 18.2 Å². The maximum absolute atomic E-state index is 8.74. The summed E-state index contributed by atoms with van der Waals surface area (Å²) in [6.45, 7) is 5.51. The van der Waals surface area contributed by atoms with Gasteiger partial charge in [-0.2, -0.15) is 0 Å². The molecule has 1 saturated carbocycles. The van der Waals surface area contributed by atoms with E-state index in [4.69, 9.17) is 10.9 Å². The minimum atomic E-state index is 0.122. The summed E-state index contributed by atoms with van der Waals surface area (Å²) in [6, 6.07) is 6.41. The summed E-state index contributed by atoms with van der Waals surface area (Å²) in [7, 11) is 0. The van der Waals surface area contributed by atoms with Crippen molar-refractivity contribution in [2.24, 2.45) is 16.8 Å². The Bertz CT molecular complexity index is 484. The van der Waals surface area contributed by atoms with Crippen LogP contribution in [-0.2, 0) is 0 Å². The van der Waals surface area contributed by atoms with E-state index in [2.05, 4.69) is 39.8 Å². The smallest absolute Gasteiger partial charge is 0.171 e. The molecule has 0 amide bonds. The number of halogens is 1. The number of oxime groups is 1. The van der Waals surface area contributed by atoms with Crippen molar-refractivity contribution in [2.45, 2.75) is 32.7 Å². The van der Waals surface area contributed by atoms with E-state index in [0.717, 1.165) is 16.9 Å².